The standard InChI is InChI=1S/C16H14FN3O4/c1-23-13-4-11-12(5-14(13)24-2)19-16(22)20(15(11)21)8-9-3-10(17)7-18-6-9/h3-7H,8H2,1-2H3,(H,19,22). The van der Waals surface area contributed by atoms with Crippen LogP contribution in [0.4, 0.5) is 4.39 Å². The zero-order chi connectivity index (χ0) is 17.3. The predicted octanol–water partition coefficient (Wildman–Crippen LogP) is 1.29. The van der Waals surface area contributed by atoms with Crippen LogP contribution in [0.3, 0.4) is 0 Å². The highest BCUT2D eigenvalue weighted by Crippen LogP contribution is 2.29. The van der Waals surface area contributed by atoms with Crippen molar-refractivity contribution >= 4 is 10.9 Å². The van der Waals surface area contributed by atoms with E-state index in [-0.39, 0.29) is 11.9 Å². The molecule has 0 fully saturated rings. The fourth-order valence-corrected chi connectivity index (χ4v) is 2.45. The van der Waals surface area contributed by atoms with E-state index in [1.165, 1.54) is 38.6 Å². The third kappa shape index (κ3) is 2.73. The summed E-state index contributed by atoms with van der Waals surface area (Å²) in [4.78, 5) is 31.2. The van der Waals surface area contributed by atoms with E-state index in [2.05, 4.69) is 9.97 Å². The molecule has 0 spiro atoms. The number of nitrogens with zero attached hydrogens (tertiary/aromatic N) is 2. The first-order valence-electron chi connectivity index (χ1n) is 7.01. The van der Waals surface area contributed by atoms with E-state index in [1.807, 2.05) is 0 Å². The lowest BCUT2D eigenvalue weighted by atomic mass is 10.2. The van der Waals surface area contributed by atoms with Gasteiger partial charge in [-0.15, -0.1) is 0 Å². The zero-order valence-electron chi connectivity index (χ0n) is 13.0. The van der Waals surface area contributed by atoms with E-state index in [1.54, 1.807) is 0 Å². The van der Waals surface area contributed by atoms with Crippen molar-refractivity contribution in [1.82, 2.24) is 14.5 Å². The van der Waals surface area contributed by atoms with Crippen molar-refractivity contribution in [3.05, 3.63) is 62.8 Å². The summed E-state index contributed by atoms with van der Waals surface area (Å²) in [5, 5.41) is 0.261. The summed E-state index contributed by atoms with van der Waals surface area (Å²) >= 11 is 0. The number of benzene rings is 1. The van der Waals surface area contributed by atoms with Gasteiger partial charge in [0.25, 0.3) is 5.56 Å². The number of aromatic nitrogens is 3. The van der Waals surface area contributed by atoms with Crippen LogP contribution in [0, 0.1) is 5.82 Å². The Bertz CT molecular complexity index is 1030. The lowest BCUT2D eigenvalue weighted by Gasteiger charge is -2.10. The van der Waals surface area contributed by atoms with Gasteiger partial charge in [0, 0.05) is 12.3 Å². The Balaban J connectivity index is 2.19. The van der Waals surface area contributed by atoms with Crippen LogP contribution >= 0.6 is 0 Å². The summed E-state index contributed by atoms with van der Waals surface area (Å²) in [6.07, 6.45) is 2.45. The van der Waals surface area contributed by atoms with Crippen LogP contribution in [0.15, 0.2) is 40.2 Å². The second-order valence-electron chi connectivity index (χ2n) is 5.09. The van der Waals surface area contributed by atoms with Crippen LogP contribution in [0.25, 0.3) is 10.9 Å². The largest absolute Gasteiger partial charge is 0.493 e. The molecule has 24 heavy (non-hydrogen) atoms. The number of rotatable bonds is 4. The Hall–Kier alpha value is -3.16. The smallest absolute Gasteiger partial charge is 0.329 e. The van der Waals surface area contributed by atoms with Crippen molar-refractivity contribution in [2.24, 2.45) is 0 Å². The first kappa shape index (κ1) is 15.7. The molecule has 2 heterocycles. The Labute approximate surface area is 135 Å². The lowest BCUT2D eigenvalue weighted by molar-refractivity contribution is 0.355. The lowest BCUT2D eigenvalue weighted by Crippen LogP contribution is -2.35. The van der Waals surface area contributed by atoms with Gasteiger partial charge in [-0.3, -0.25) is 14.3 Å². The molecule has 0 atom stereocenters. The van der Waals surface area contributed by atoms with Crippen molar-refractivity contribution in [1.29, 1.82) is 0 Å². The molecule has 0 aliphatic carbocycles. The molecule has 7 nitrogen and oxygen atoms in total. The normalized spacial score (nSPS) is 10.8. The van der Waals surface area contributed by atoms with Crippen LogP contribution in [0.2, 0.25) is 0 Å². The van der Waals surface area contributed by atoms with Crippen LogP contribution in [0.5, 0.6) is 11.5 Å². The van der Waals surface area contributed by atoms with Gasteiger partial charge in [-0.25, -0.2) is 9.18 Å². The Morgan fingerprint density at radius 3 is 2.50 bits per heavy atom. The molecule has 0 unspecified atom stereocenters. The number of nitrogens with one attached hydrogen (secondary N) is 1. The van der Waals surface area contributed by atoms with Gasteiger partial charge in [0.1, 0.15) is 5.82 Å². The van der Waals surface area contributed by atoms with Crippen molar-refractivity contribution in [3.63, 3.8) is 0 Å². The molecule has 2 aromatic heterocycles. The Morgan fingerprint density at radius 1 is 1.12 bits per heavy atom. The van der Waals surface area contributed by atoms with Crippen LogP contribution in [-0.2, 0) is 6.54 Å². The summed E-state index contributed by atoms with van der Waals surface area (Å²) in [6, 6.07) is 4.23. The van der Waals surface area contributed by atoms with Crippen molar-refractivity contribution in [3.8, 4) is 11.5 Å². The zero-order valence-corrected chi connectivity index (χ0v) is 13.0. The number of pyridine rings is 1. The molecule has 0 radical (unpaired) electrons. The molecule has 0 amide bonds. The average molecular weight is 331 g/mol. The predicted molar refractivity (Wildman–Crippen MR) is 85.2 cm³/mol. The van der Waals surface area contributed by atoms with Crippen LogP contribution in [0.1, 0.15) is 5.56 Å². The summed E-state index contributed by atoms with van der Waals surface area (Å²) in [7, 11) is 2.91. The van der Waals surface area contributed by atoms with Gasteiger partial charge in [0.2, 0.25) is 0 Å². The highest BCUT2D eigenvalue weighted by Gasteiger charge is 2.13. The summed E-state index contributed by atoms with van der Waals surface area (Å²) in [6.45, 7) is -0.0940. The minimum Gasteiger partial charge on any atom is -0.493 e. The van der Waals surface area contributed by atoms with E-state index < -0.39 is 17.1 Å². The second-order valence-corrected chi connectivity index (χ2v) is 5.09. The molecule has 0 aliphatic rings. The number of methoxy groups -OCH3 is 2. The summed E-state index contributed by atoms with van der Waals surface area (Å²) in [5.41, 5.74) is -0.387. The molecule has 0 saturated carbocycles. The topological polar surface area (TPSA) is 86.2 Å². The summed E-state index contributed by atoms with van der Waals surface area (Å²) < 4.78 is 24.6. The molecule has 0 bridgehead atoms. The number of hydrogen-bond donors (Lipinski definition) is 1. The van der Waals surface area contributed by atoms with Crippen LogP contribution in [-0.4, -0.2) is 28.8 Å². The maximum absolute atomic E-state index is 13.2. The van der Waals surface area contributed by atoms with E-state index in [4.69, 9.17) is 9.47 Å². The first-order valence-corrected chi connectivity index (χ1v) is 7.01. The van der Waals surface area contributed by atoms with E-state index in [9.17, 15) is 14.0 Å². The third-order valence-electron chi connectivity index (χ3n) is 3.59. The minimum absolute atomic E-state index is 0.0940. The molecular formula is C16H14FN3O4. The van der Waals surface area contributed by atoms with Gasteiger partial charge in [0.05, 0.1) is 37.9 Å². The molecule has 0 aliphatic heterocycles. The van der Waals surface area contributed by atoms with Gasteiger partial charge in [-0.2, -0.15) is 0 Å². The summed E-state index contributed by atoms with van der Waals surface area (Å²) in [5.74, 6) is 0.226. The van der Waals surface area contributed by atoms with Gasteiger partial charge in [-0.05, 0) is 17.7 Å². The van der Waals surface area contributed by atoms with Crippen molar-refractivity contribution in [2.45, 2.75) is 6.54 Å². The number of fused-ring (bicyclic) bond motifs is 1. The fourth-order valence-electron chi connectivity index (χ4n) is 2.45. The molecule has 8 heteroatoms. The molecule has 1 N–H and O–H groups in total. The number of aromatic amines is 1. The second kappa shape index (κ2) is 6.15. The highest BCUT2D eigenvalue weighted by atomic mass is 19.1. The maximum atomic E-state index is 13.2. The van der Waals surface area contributed by atoms with Crippen molar-refractivity contribution in [2.75, 3.05) is 14.2 Å². The molecule has 1 aromatic carbocycles. The maximum Gasteiger partial charge on any atom is 0.329 e. The van der Waals surface area contributed by atoms with Gasteiger partial charge >= 0.3 is 5.69 Å². The third-order valence-corrected chi connectivity index (χ3v) is 3.59. The Morgan fingerprint density at radius 2 is 1.83 bits per heavy atom. The highest BCUT2D eigenvalue weighted by molar-refractivity contribution is 5.81. The molecular weight excluding hydrogens is 317 g/mol. The number of H-pyrrole nitrogens is 1. The number of hydrogen-bond acceptors (Lipinski definition) is 5. The van der Waals surface area contributed by atoms with Crippen molar-refractivity contribution < 1.29 is 13.9 Å². The van der Waals surface area contributed by atoms with Gasteiger partial charge in [0.15, 0.2) is 11.5 Å². The molecule has 0 saturated heterocycles. The quantitative estimate of drug-likeness (QED) is 0.778. The molecule has 3 aromatic rings. The molecule has 3 rings (SSSR count). The number of halogens is 1. The van der Waals surface area contributed by atoms with E-state index in [0.29, 0.717) is 22.6 Å². The SMILES string of the molecule is COc1cc2[nH]c(=O)n(Cc3cncc(F)c3)c(=O)c2cc1OC. The van der Waals surface area contributed by atoms with E-state index in [0.717, 1.165) is 10.8 Å². The van der Waals surface area contributed by atoms with Gasteiger partial charge < -0.3 is 14.5 Å². The van der Waals surface area contributed by atoms with Crippen LogP contribution < -0.4 is 20.7 Å². The fraction of sp³-hybridized carbons (Fsp3) is 0.188. The minimum atomic E-state index is -0.607. The van der Waals surface area contributed by atoms with E-state index >= 15 is 0 Å². The molecule has 124 valence electrons. The number of ether oxygens (including phenoxy) is 2. The average Bonchev–Trinajstić information content (AvgIpc) is 2.57. The Kier molecular flexibility index (Phi) is 4.03. The monoisotopic (exact) mass is 331 g/mol. The first-order chi connectivity index (χ1) is 11.5. The van der Waals surface area contributed by atoms with Gasteiger partial charge in [-0.1, -0.05) is 0 Å².